The monoisotopic (exact) mass is 342 g/mol. The van der Waals surface area contributed by atoms with Gasteiger partial charge in [-0.1, -0.05) is 12.1 Å². The highest BCUT2D eigenvalue weighted by atomic mass is 16.7. The molecule has 1 saturated heterocycles. The number of carbonyl (C=O) groups is 2. The fourth-order valence-electron chi connectivity index (χ4n) is 2.35. The number of aromatic nitrogens is 1. The average molecular weight is 342 g/mol. The molecular formula is C18H18N2O5. The molecular weight excluding hydrogens is 324 g/mol. The molecule has 0 aliphatic carbocycles. The number of benzene rings is 1. The summed E-state index contributed by atoms with van der Waals surface area (Å²) in [5, 5.41) is 2.67. The highest BCUT2D eigenvalue weighted by molar-refractivity contribution is 5.93. The maximum absolute atomic E-state index is 12.1. The van der Waals surface area contributed by atoms with Crippen LogP contribution in [-0.2, 0) is 14.2 Å². The van der Waals surface area contributed by atoms with Crippen molar-refractivity contribution in [1.82, 2.24) is 10.3 Å². The molecule has 0 bridgehead atoms. The molecule has 1 amide bonds. The highest BCUT2D eigenvalue weighted by Crippen LogP contribution is 2.23. The molecule has 1 aliphatic rings. The van der Waals surface area contributed by atoms with Gasteiger partial charge in [-0.2, -0.15) is 0 Å². The summed E-state index contributed by atoms with van der Waals surface area (Å²) in [7, 11) is 0. The fourth-order valence-corrected chi connectivity index (χ4v) is 2.35. The number of pyridine rings is 1. The molecule has 2 aromatic rings. The lowest BCUT2D eigenvalue weighted by atomic mass is 10.1. The molecule has 0 unspecified atom stereocenters. The van der Waals surface area contributed by atoms with E-state index in [-0.39, 0.29) is 19.1 Å². The third-order valence-corrected chi connectivity index (χ3v) is 3.56. The van der Waals surface area contributed by atoms with Gasteiger partial charge in [0, 0.05) is 18.0 Å². The predicted octanol–water partition coefficient (Wildman–Crippen LogP) is 1.71. The van der Waals surface area contributed by atoms with Crippen molar-refractivity contribution in [1.29, 1.82) is 0 Å². The lowest BCUT2D eigenvalue weighted by Gasteiger charge is -2.11. The van der Waals surface area contributed by atoms with E-state index >= 15 is 0 Å². The molecule has 1 N–H and O–H groups in total. The third kappa shape index (κ3) is 4.62. The first-order chi connectivity index (χ1) is 12.2. The second-order valence-corrected chi connectivity index (χ2v) is 5.33. The summed E-state index contributed by atoms with van der Waals surface area (Å²) in [5.41, 5.74) is 1.64. The van der Waals surface area contributed by atoms with Gasteiger partial charge in [0.2, 0.25) is 0 Å². The number of esters is 1. The normalized spacial score (nSPS) is 14.2. The Bertz CT molecular complexity index is 729. The van der Waals surface area contributed by atoms with Gasteiger partial charge in [-0.15, -0.1) is 0 Å². The summed E-state index contributed by atoms with van der Waals surface area (Å²) in [6.07, 6.45) is 2.63. The van der Waals surface area contributed by atoms with E-state index in [0.29, 0.717) is 24.3 Å². The van der Waals surface area contributed by atoms with E-state index in [1.165, 1.54) is 6.20 Å². The molecule has 7 nitrogen and oxygen atoms in total. The van der Waals surface area contributed by atoms with E-state index in [1.54, 1.807) is 36.5 Å². The van der Waals surface area contributed by atoms with Crippen LogP contribution in [0.15, 0.2) is 48.8 Å². The smallest absolute Gasteiger partial charge is 0.338 e. The van der Waals surface area contributed by atoms with Crippen molar-refractivity contribution >= 4 is 11.9 Å². The Morgan fingerprint density at radius 1 is 1.16 bits per heavy atom. The topological polar surface area (TPSA) is 86.8 Å². The number of hydrogen-bond acceptors (Lipinski definition) is 6. The quantitative estimate of drug-likeness (QED) is 0.635. The Morgan fingerprint density at radius 3 is 2.72 bits per heavy atom. The number of ether oxygens (including phenoxy) is 3. The van der Waals surface area contributed by atoms with Crippen molar-refractivity contribution in [3.05, 3.63) is 65.5 Å². The summed E-state index contributed by atoms with van der Waals surface area (Å²) >= 11 is 0. The lowest BCUT2D eigenvalue weighted by molar-refractivity contribution is -0.0441. The van der Waals surface area contributed by atoms with Crippen LogP contribution in [0.5, 0.6) is 0 Å². The molecule has 2 heterocycles. The van der Waals surface area contributed by atoms with Gasteiger partial charge in [-0.3, -0.25) is 9.78 Å². The molecule has 25 heavy (non-hydrogen) atoms. The van der Waals surface area contributed by atoms with Crippen LogP contribution in [0.1, 0.15) is 32.6 Å². The number of hydrogen-bond donors (Lipinski definition) is 1. The molecule has 3 rings (SSSR count). The van der Waals surface area contributed by atoms with Gasteiger partial charge in [0.1, 0.15) is 6.61 Å². The first kappa shape index (κ1) is 17.1. The van der Waals surface area contributed by atoms with Gasteiger partial charge in [0.25, 0.3) is 5.91 Å². The maximum atomic E-state index is 12.1. The summed E-state index contributed by atoms with van der Waals surface area (Å²) in [4.78, 5) is 27.8. The van der Waals surface area contributed by atoms with Crippen molar-refractivity contribution in [2.45, 2.75) is 6.29 Å². The van der Waals surface area contributed by atoms with Gasteiger partial charge < -0.3 is 19.5 Å². The molecule has 1 aliphatic heterocycles. The second-order valence-electron chi connectivity index (χ2n) is 5.33. The minimum atomic E-state index is -0.463. The largest absolute Gasteiger partial charge is 0.460 e. The van der Waals surface area contributed by atoms with Crippen LogP contribution in [-0.4, -0.2) is 43.2 Å². The van der Waals surface area contributed by atoms with Crippen molar-refractivity contribution in [2.24, 2.45) is 0 Å². The number of nitrogens with zero attached hydrogens (tertiary/aromatic N) is 1. The Kier molecular flexibility index (Phi) is 5.71. The summed E-state index contributed by atoms with van der Waals surface area (Å²) < 4.78 is 16.0. The molecule has 0 spiro atoms. The zero-order valence-corrected chi connectivity index (χ0v) is 13.5. The molecule has 1 aromatic carbocycles. The van der Waals surface area contributed by atoms with Crippen LogP contribution in [0.3, 0.4) is 0 Å². The van der Waals surface area contributed by atoms with Gasteiger partial charge in [0.15, 0.2) is 6.29 Å². The van der Waals surface area contributed by atoms with E-state index in [2.05, 4.69) is 10.3 Å². The molecule has 0 saturated carbocycles. The van der Waals surface area contributed by atoms with E-state index in [4.69, 9.17) is 14.2 Å². The van der Waals surface area contributed by atoms with E-state index < -0.39 is 12.3 Å². The SMILES string of the molecule is O=C(NCCOC(=O)c1cccc(C2OCCO2)c1)c1cccnc1. The zero-order valence-electron chi connectivity index (χ0n) is 13.5. The van der Waals surface area contributed by atoms with E-state index in [9.17, 15) is 9.59 Å². The van der Waals surface area contributed by atoms with Crippen LogP contribution in [0, 0.1) is 0 Å². The highest BCUT2D eigenvalue weighted by Gasteiger charge is 2.19. The van der Waals surface area contributed by atoms with Gasteiger partial charge in [0.05, 0.1) is 30.9 Å². The van der Waals surface area contributed by atoms with Crippen molar-refractivity contribution in [3.63, 3.8) is 0 Å². The Morgan fingerprint density at radius 2 is 1.96 bits per heavy atom. The molecule has 7 heteroatoms. The second kappa shape index (κ2) is 8.36. The Balaban J connectivity index is 1.46. The summed E-state index contributed by atoms with van der Waals surface area (Å²) in [5.74, 6) is -0.725. The third-order valence-electron chi connectivity index (χ3n) is 3.56. The number of rotatable bonds is 6. The standard InChI is InChI=1S/C18H18N2O5/c21-16(15-5-2-6-19-12-15)20-7-8-23-17(22)13-3-1-4-14(11-13)18-24-9-10-25-18/h1-6,11-12,18H,7-10H2,(H,20,21). The van der Waals surface area contributed by atoms with Crippen molar-refractivity contribution < 1.29 is 23.8 Å². The molecule has 0 atom stereocenters. The van der Waals surface area contributed by atoms with Gasteiger partial charge >= 0.3 is 5.97 Å². The van der Waals surface area contributed by atoms with E-state index in [0.717, 1.165) is 5.56 Å². The van der Waals surface area contributed by atoms with Gasteiger partial charge in [-0.05, 0) is 24.3 Å². The van der Waals surface area contributed by atoms with Crippen LogP contribution in [0.2, 0.25) is 0 Å². The molecule has 130 valence electrons. The molecule has 1 fully saturated rings. The van der Waals surface area contributed by atoms with Crippen LogP contribution in [0.4, 0.5) is 0 Å². The first-order valence-electron chi connectivity index (χ1n) is 7.92. The lowest BCUT2D eigenvalue weighted by Crippen LogP contribution is -2.28. The Hall–Kier alpha value is -2.77. The molecule has 0 radical (unpaired) electrons. The van der Waals surface area contributed by atoms with Gasteiger partial charge in [-0.25, -0.2) is 4.79 Å². The minimum absolute atomic E-state index is 0.0749. The maximum Gasteiger partial charge on any atom is 0.338 e. The Labute approximate surface area is 144 Å². The first-order valence-corrected chi connectivity index (χ1v) is 7.92. The fraction of sp³-hybridized carbons (Fsp3) is 0.278. The average Bonchev–Trinajstić information content (AvgIpc) is 3.20. The zero-order chi connectivity index (χ0) is 17.5. The van der Waals surface area contributed by atoms with Crippen LogP contribution in [0.25, 0.3) is 0 Å². The minimum Gasteiger partial charge on any atom is -0.460 e. The van der Waals surface area contributed by atoms with Crippen LogP contribution >= 0.6 is 0 Å². The van der Waals surface area contributed by atoms with Crippen molar-refractivity contribution in [2.75, 3.05) is 26.4 Å². The van der Waals surface area contributed by atoms with Crippen LogP contribution < -0.4 is 5.32 Å². The van der Waals surface area contributed by atoms with Crippen molar-refractivity contribution in [3.8, 4) is 0 Å². The molecule has 1 aromatic heterocycles. The van der Waals surface area contributed by atoms with E-state index in [1.807, 2.05) is 6.07 Å². The number of nitrogens with one attached hydrogen (secondary N) is 1. The number of amides is 1. The summed E-state index contributed by atoms with van der Waals surface area (Å²) in [6, 6.07) is 10.3. The predicted molar refractivity (Wildman–Crippen MR) is 87.9 cm³/mol. The number of carbonyl (C=O) groups excluding carboxylic acids is 2. The summed E-state index contributed by atoms with van der Waals surface area (Å²) in [6.45, 7) is 1.37.